The van der Waals surface area contributed by atoms with E-state index >= 15 is 0 Å². The predicted octanol–water partition coefficient (Wildman–Crippen LogP) is 3.31. The molecule has 0 bridgehead atoms. The first-order valence-corrected chi connectivity index (χ1v) is 10.8. The number of benzene rings is 2. The lowest BCUT2D eigenvalue weighted by Gasteiger charge is -2.29. The molecule has 3 aromatic rings. The zero-order valence-electron chi connectivity index (χ0n) is 18.0. The first-order valence-electron chi connectivity index (χ1n) is 10.8. The van der Waals surface area contributed by atoms with Crippen LogP contribution in [0, 0.1) is 10.8 Å². The Balaban J connectivity index is 1.46. The quantitative estimate of drug-likeness (QED) is 0.340. The van der Waals surface area contributed by atoms with Gasteiger partial charge < -0.3 is 16.2 Å². The number of rotatable bonds is 7. The van der Waals surface area contributed by atoms with Gasteiger partial charge in [0.15, 0.2) is 0 Å². The maximum atomic E-state index is 9.70. The molecule has 32 heavy (non-hydrogen) atoms. The van der Waals surface area contributed by atoms with Crippen molar-refractivity contribution in [2.75, 3.05) is 18.8 Å². The van der Waals surface area contributed by atoms with Gasteiger partial charge in [-0.1, -0.05) is 30.3 Å². The van der Waals surface area contributed by atoms with Gasteiger partial charge in [-0.15, -0.1) is 0 Å². The number of nitrogens with one attached hydrogen (secondary N) is 2. The molecule has 4 rings (SSSR count). The summed E-state index contributed by atoms with van der Waals surface area (Å²) in [7, 11) is 0. The number of aliphatic hydroxyl groups excluding tert-OH is 1. The third-order valence-corrected chi connectivity index (χ3v) is 5.88. The molecule has 1 aliphatic heterocycles. The fraction of sp³-hybridized carbons (Fsp3) is 0.280. The number of nitrogen functional groups attached to an aromatic ring is 1. The van der Waals surface area contributed by atoms with E-state index in [1.54, 1.807) is 18.5 Å². The largest absolute Gasteiger partial charge is 0.398 e. The van der Waals surface area contributed by atoms with Crippen molar-refractivity contribution in [3.05, 3.63) is 77.6 Å². The fourth-order valence-electron chi connectivity index (χ4n) is 4.04. The highest BCUT2D eigenvalue weighted by Gasteiger charge is 2.17. The molecule has 5 N–H and O–H groups in total. The Morgan fingerprint density at radius 1 is 1.00 bits per heavy atom. The van der Waals surface area contributed by atoms with Crippen molar-refractivity contribution in [3.8, 4) is 11.1 Å². The van der Waals surface area contributed by atoms with Gasteiger partial charge in [0.05, 0.1) is 29.9 Å². The van der Waals surface area contributed by atoms with E-state index in [1.165, 1.54) is 5.56 Å². The maximum Gasteiger partial charge on any atom is 0.0844 e. The topological polar surface area (TPSA) is 123 Å². The number of hydrogen-bond acceptors (Lipinski definition) is 7. The van der Waals surface area contributed by atoms with Gasteiger partial charge in [-0.05, 0) is 47.7 Å². The van der Waals surface area contributed by atoms with E-state index in [9.17, 15) is 5.11 Å². The second kappa shape index (κ2) is 9.80. The van der Waals surface area contributed by atoms with Gasteiger partial charge in [0, 0.05) is 42.9 Å². The van der Waals surface area contributed by atoms with E-state index in [-0.39, 0.29) is 17.5 Å². The van der Waals surface area contributed by atoms with E-state index in [4.69, 9.17) is 16.6 Å². The van der Waals surface area contributed by atoms with Gasteiger partial charge in [0.25, 0.3) is 0 Å². The van der Waals surface area contributed by atoms with Crippen molar-refractivity contribution >= 4 is 17.1 Å². The minimum atomic E-state index is -0.176. The molecule has 1 saturated heterocycles. The Morgan fingerprint density at radius 2 is 1.78 bits per heavy atom. The predicted molar refractivity (Wildman–Crippen MR) is 127 cm³/mol. The summed E-state index contributed by atoms with van der Waals surface area (Å²) in [6.45, 7) is 2.63. The van der Waals surface area contributed by atoms with E-state index in [1.807, 2.05) is 30.3 Å². The summed E-state index contributed by atoms with van der Waals surface area (Å²) in [5.74, 6) is 0. The highest BCUT2D eigenvalue weighted by atomic mass is 16.3. The standard InChI is InChI=1S/C25H28N6O/c26-23-5-4-19(20-6-9-29-30-15-20)14-22(23)25(28)24(27)13-17-2-1-3-18(12-17)16-31-10-7-21(32)8-11-31/h1-6,9,12,14-15,21,27-28,32H,7-8,10-11,13,16,26H2. The number of hydrogen-bond donors (Lipinski definition) is 4. The average molecular weight is 429 g/mol. The van der Waals surface area contributed by atoms with Crippen LogP contribution in [0.1, 0.15) is 29.5 Å². The molecule has 2 aromatic carbocycles. The molecule has 0 aliphatic carbocycles. The third-order valence-electron chi connectivity index (χ3n) is 5.88. The number of nitrogens with zero attached hydrogens (tertiary/aromatic N) is 3. The van der Waals surface area contributed by atoms with Crippen molar-refractivity contribution in [2.24, 2.45) is 0 Å². The molecule has 0 saturated carbocycles. The van der Waals surface area contributed by atoms with Crippen molar-refractivity contribution in [3.63, 3.8) is 0 Å². The molecular weight excluding hydrogens is 400 g/mol. The van der Waals surface area contributed by atoms with Gasteiger partial charge in [-0.3, -0.25) is 10.3 Å². The summed E-state index contributed by atoms with van der Waals surface area (Å²) in [6, 6.07) is 15.5. The highest BCUT2D eigenvalue weighted by molar-refractivity contribution is 6.47. The monoisotopic (exact) mass is 428 g/mol. The van der Waals surface area contributed by atoms with Crippen molar-refractivity contribution in [1.82, 2.24) is 15.1 Å². The smallest absolute Gasteiger partial charge is 0.0844 e. The van der Waals surface area contributed by atoms with Crippen LogP contribution in [0.25, 0.3) is 11.1 Å². The summed E-state index contributed by atoms with van der Waals surface area (Å²) in [5, 5.41) is 34.6. The zero-order chi connectivity index (χ0) is 22.5. The van der Waals surface area contributed by atoms with Crippen molar-refractivity contribution in [1.29, 1.82) is 10.8 Å². The lowest BCUT2D eigenvalue weighted by atomic mass is 9.95. The van der Waals surface area contributed by atoms with E-state index in [2.05, 4.69) is 27.2 Å². The van der Waals surface area contributed by atoms with E-state index in [0.29, 0.717) is 17.7 Å². The molecule has 164 valence electrons. The molecule has 0 amide bonds. The maximum absolute atomic E-state index is 9.70. The Kier molecular flexibility index (Phi) is 6.68. The van der Waals surface area contributed by atoms with Crippen LogP contribution in [0.15, 0.2) is 60.9 Å². The van der Waals surface area contributed by atoms with Crippen LogP contribution in [-0.4, -0.2) is 50.8 Å². The van der Waals surface area contributed by atoms with Crippen LogP contribution in [-0.2, 0) is 13.0 Å². The lowest BCUT2D eigenvalue weighted by molar-refractivity contribution is 0.0792. The number of piperidine rings is 1. The summed E-state index contributed by atoms with van der Waals surface area (Å²) in [5.41, 5.74) is 11.5. The molecule has 1 aromatic heterocycles. The SMILES string of the molecule is N=C(Cc1cccc(CN2CCC(O)CC2)c1)C(=N)c1cc(-c2ccnnc2)ccc1N. The summed E-state index contributed by atoms with van der Waals surface area (Å²) in [6.07, 6.45) is 5.11. The molecule has 0 radical (unpaired) electrons. The highest BCUT2D eigenvalue weighted by Crippen LogP contribution is 2.24. The number of likely N-dealkylation sites (tertiary alicyclic amines) is 1. The summed E-state index contributed by atoms with van der Waals surface area (Å²) in [4.78, 5) is 2.35. The van der Waals surface area contributed by atoms with Crippen molar-refractivity contribution in [2.45, 2.75) is 31.9 Å². The molecule has 0 atom stereocenters. The van der Waals surface area contributed by atoms with E-state index < -0.39 is 0 Å². The Labute approximate surface area is 187 Å². The van der Waals surface area contributed by atoms with Gasteiger partial charge in [0.2, 0.25) is 0 Å². The normalized spacial score (nSPS) is 14.9. The molecule has 2 heterocycles. The second-order valence-corrected chi connectivity index (χ2v) is 8.29. The van der Waals surface area contributed by atoms with Gasteiger partial charge in [0.1, 0.15) is 0 Å². The second-order valence-electron chi connectivity index (χ2n) is 8.29. The van der Waals surface area contributed by atoms with Crippen LogP contribution in [0.5, 0.6) is 0 Å². The molecule has 7 heteroatoms. The fourth-order valence-corrected chi connectivity index (χ4v) is 4.04. The molecule has 0 spiro atoms. The number of aliphatic hydroxyl groups is 1. The zero-order valence-corrected chi connectivity index (χ0v) is 18.0. The molecule has 1 fully saturated rings. The molecule has 7 nitrogen and oxygen atoms in total. The van der Waals surface area contributed by atoms with E-state index in [0.717, 1.165) is 49.2 Å². The van der Waals surface area contributed by atoms with Crippen molar-refractivity contribution < 1.29 is 5.11 Å². The first-order chi connectivity index (χ1) is 15.5. The van der Waals surface area contributed by atoms with Gasteiger partial charge in [-0.25, -0.2) is 0 Å². The van der Waals surface area contributed by atoms with Gasteiger partial charge >= 0.3 is 0 Å². The van der Waals surface area contributed by atoms with Crippen LogP contribution in [0.4, 0.5) is 5.69 Å². The lowest BCUT2D eigenvalue weighted by Crippen LogP contribution is -2.35. The Morgan fingerprint density at radius 3 is 2.53 bits per heavy atom. The number of anilines is 1. The third kappa shape index (κ3) is 5.25. The van der Waals surface area contributed by atoms with Crippen LogP contribution in [0.2, 0.25) is 0 Å². The summed E-state index contributed by atoms with van der Waals surface area (Å²) >= 11 is 0. The van der Waals surface area contributed by atoms with Crippen LogP contribution in [0.3, 0.4) is 0 Å². The molecule has 0 unspecified atom stereocenters. The van der Waals surface area contributed by atoms with Gasteiger partial charge in [-0.2, -0.15) is 10.2 Å². The minimum absolute atomic E-state index is 0.127. The van der Waals surface area contributed by atoms with Crippen LogP contribution < -0.4 is 5.73 Å². The Hall–Kier alpha value is -3.42. The Bertz CT molecular complexity index is 1110. The summed E-state index contributed by atoms with van der Waals surface area (Å²) < 4.78 is 0. The van der Waals surface area contributed by atoms with Crippen LogP contribution >= 0.6 is 0 Å². The molecule has 1 aliphatic rings. The number of nitrogens with two attached hydrogens (primary N) is 1. The molecular formula is C25H28N6O. The minimum Gasteiger partial charge on any atom is -0.398 e. The first kappa shape index (κ1) is 21.8. The average Bonchev–Trinajstić information content (AvgIpc) is 2.81. The number of aromatic nitrogens is 2.